The highest BCUT2D eigenvalue weighted by molar-refractivity contribution is 6.33. The molecular weight excluding hydrogens is 264 g/mol. The van der Waals surface area contributed by atoms with E-state index in [0.29, 0.717) is 16.4 Å². The molecule has 4 N–H and O–H groups in total. The second-order valence-corrected chi connectivity index (χ2v) is 5.01. The van der Waals surface area contributed by atoms with Crippen molar-refractivity contribution in [2.45, 2.75) is 19.8 Å². The van der Waals surface area contributed by atoms with Crippen molar-refractivity contribution in [1.82, 2.24) is 9.78 Å². The molecule has 0 saturated heterocycles. The maximum atomic E-state index is 11.5. The first-order valence-corrected chi connectivity index (χ1v) is 6.22. The quantitative estimate of drug-likeness (QED) is 0.845. The molecule has 0 radical (unpaired) electrons. The number of amides is 1. The van der Waals surface area contributed by atoms with E-state index in [1.807, 2.05) is 19.9 Å². The predicted octanol–water partition coefficient (Wildman–Crippen LogP) is 2.33. The Balaban J connectivity index is 2.63. The van der Waals surface area contributed by atoms with E-state index in [1.54, 1.807) is 16.9 Å². The topological polar surface area (TPSA) is 86.9 Å². The van der Waals surface area contributed by atoms with Gasteiger partial charge >= 0.3 is 0 Å². The molecule has 2 aromatic rings. The smallest absolute Gasteiger partial charge is 0.251 e. The fourth-order valence-corrected chi connectivity index (χ4v) is 2.13. The lowest BCUT2D eigenvalue weighted by atomic mass is 10.1. The molecule has 0 spiro atoms. The first-order chi connectivity index (χ1) is 8.90. The number of anilines is 1. The van der Waals surface area contributed by atoms with E-state index < -0.39 is 5.91 Å². The number of nitrogen functional groups attached to an aromatic ring is 1. The Hall–Kier alpha value is -2.01. The van der Waals surface area contributed by atoms with Crippen LogP contribution in [0.5, 0.6) is 0 Å². The summed E-state index contributed by atoms with van der Waals surface area (Å²) in [5.41, 5.74) is 13.0. The largest absolute Gasteiger partial charge is 0.399 e. The van der Waals surface area contributed by atoms with E-state index in [4.69, 9.17) is 23.1 Å². The number of hydrogen-bond donors (Lipinski definition) is 2. The van der Waals surface area contributed by atoms with E-state index in [-0.39, 0.29) is 11.5 Å². The Morgan fingerprint density at radius 3 is 2.63 bits per heavy atom. The molecule has 2 rings (SSSR count). The third kappa shape index (κ3) is 2.56. The minimum Gasteiger partial charge on any atom is -0.399 e. The van der Waals surface area contributed by atoms with E-state index in [1.165, 1.54) is 6.07 Å². The average Bonchev–Trinajstić information content (AvgIpc) is 2.76. The van der Waals surface area contributed by atoms with Gasteiger partial charge in [0.2, 0.25) is 0 Å². The summed E-state index contributed by atoms with van der Waals surface area (Å²) in [6.45, 7) is 4.07. The average molecular weight is 279 g/mol. The van der Waals surface area contributed by atoms with Gasteiger partial charge in [-0.15, -0.1) is 0 Å². The highest BCUT2D eigenvalue weighted by atomic mass is 35.5. The summed E-state index contributed by atoms with van der Waals surface area (Å²) in [6, 6.07) is 4.95. The van der Waals surface area contributed by atoms with E-state index in [9.17, 15) is 4.79 Å². The van der Waals surface area contributed by atoms with Crippen LogP contribution in [0.1, 0.15) is 35.8 Å². The van der Waals surface area contributed by atoms with Gasteiger partial charge in [0.25, 0.3) is 5.91 Å². The number of carbonyl (C=O) groups is 1. The molecule has 0 saturated carbocycles. The Labute approximate surface area is 116 Å². The third-order valence-corrected chi connectivity index (χ3v) is 3.07. The number of primary amides is 1. The highest BCUT2D eigenvalue weighted by Crippen LogP contribution is 2.27. The second-order valence-electron chi connectivity index (χ2n) is 4.60. The van der Waals surface area contributed by atoms with Gasteiger partial charge in [-0.05, 0) is 24.1 Å². The van der Waals surface area contributed by atoms with Crippen LogP contribution < -0.4 is 11.5 Å². The molecule has 0 atom stereocenters. The van der Waals surface area contributed by atoms with Crippen LogP contribution in [0.3, 0.4) is 0 Å². The third-order valence-electron chi connectivity index (χ3n) is 2.78. The van der Waals surface area contributed by atoms with Crippen molar-refractivity contribution >= 4 is 23.2 Å². The maximum absolute atomic E-state index is 11.5. The van der Waals surface area contributed by atoms with Gasteiger partial charge in [-0.1, -0.05) is 25.4 Å². The molecule has 0 unspecified atom stereocenters. The number of nitrogens with two attached hydrogens (primary N) is 2. The molecule has 0 bridgehead atoms. The van der Waals surface area contributed by atoms with Gasteiger partial charge in [-0.25, -0.2) is 4.68 Å². The lowest BCUT2D eigenvalue weighted by Crippen LogP contribution is -2.16. The monoisotopic (exact) mass is 278 g/mol. The number of rotatable bonds is 3. The molecule has 0 aliphatic heterocycles. The zero-order valence-electron chi connectivity index (χ0n) is 10.7. The zero-order valence-corrected chi connectivity index (χ0v) is 11.5. The van der Waals surface area contributed by atoms with E-state index in [2.05, 4.69) is 5.10 Å². The summed E-state index contributed by atoms with van der Waals surface area (Å²) in [5, 5.41) is 4.74. The highest BCUT2D eigenvalue weighted by Gasteiger charge is 2.16. The Kier molecular flexibility index (Phi) is 3.48. The molecule has 6 heteroatoms. The predicted molar refractivity (Wildman–Crippen MR) is 75.6 cm³/mol. The summed E-state index contributed by atoms with van der Waals surface area (Å²) in [6.07, 6.45) is 1.75. The van der Waals surface area contributed by atoms with Crippen molar-refractivity contribution in [3.63, 3.8) is 0 Å². The lowest BCUT2D eigenvalue weighted by molar-refractivity contribution is 0.1000. The van der Waals surface area contributed by atoms with Crippen molar-refractivity contribution in [2.24, 2.45) is 5.73 Å². The fraction of sp³-hybridized carbons (Fsp3) is 0.231. The summed E-state index contributed by atoms with van der Waals surface area (Å²) >= 11 is 6.15. The van der Waals surface area contributed by atoms with Gasteiger partial charge in [-0.2, -0.15) is 5.10 Å². The van der Waals surface area contributed by atoms with Gasteiger partial charge in [0, 0.05) is 11.9 Å². The van der Waals surface area contributed by atoms with Crippen LogP contribution in [0.15, 0.2) is 24.4 Å². The van der Waals surface area contributed by atoms with Crippen LogP contribution in [0.4, 0.5) is 5.69 Å². The van der Waals surface area contributed by atoms with Crippen LogP contribution in [-0.4, -0.2) is 15.7 Å². The molecule has 19 heavy (non-hydrogen) atoms. The summed E-state index contributed by atoms with van der Waals surface area (Å²) in [4.78, 5) is 11.5. The van der Waals surface area contributed by atoms with Crippen LogP contribution in [0.25, 0.3) is 5.69 Å². The molecule has 1 amide bonds. The van der Waals surface area contributed by atoms with Crippen molar-refractivity contribution in [3.8, 4) is 5.69 Å². The van der Waals surface area contributed by atoms with Gasteiger partial charge in [-0.3, -0.25) is 4.79 Å². The molecule has 1 aromatic carbocycles. The molecule has 1 heterocycles. The summed E-state index contributed by atoms with van der Waals surface area (Å²) in [5.74, 6) is -0.309. The molecule has 0 fully saturated rings. The van der Waals surface area contributed by atoms with Gasteiger partial charge in [0.1, 0.15) is 0 Å². The number of carbonyl (C=O) groups excluding carboxylic acids is 1. The van der Waals surface area contributed by atoms with Crippen molar-refractivity contribution in [3.05, 3.63) is 40.7 Å². The lowest BCUT2D eigenvalue weighted by Gasteiger charge is -2.10. The first kappa shape index (κ1) is 13.4. The van der Waals surface area contributed by atoms with E-state index >= 15 is 0 Å². The van der Waals surface area contributed by atoms with Crippen molar-refractivity contribution < 1.29 is 4.79 Å². The minimum absolute atomic E-state index is 0.253. The van der Waals surface area contributed by atoms with E-state index in [0.717, 1.165) is 5.69 Å². The zero-order chi connectivity index (χ0) is 14.2. The molecule has 1 aromatic heterocycles. The normalized spacial score (nSPS) is 10.9. The molecular formula is C13H15ClN4O. The van der Waals surface area contributed by atoms with Crippen LogP contribution in [0.2, 0.25) is 5.02 Å². The summed E-state index contributed by atoms with van der Waals surface area (Å²) in [7, 11) is 0. The number of hydrogen-bond acceptors (Lipinski definition) is 3. The second kappa shape index (κ2) is 4.93. The SMILES string of the molecule is CC(C)c1ccn(-c2c(Cl)cc(N)cc2C(N)=O)n1. The molecule has 5 nitrogen and oxygen atoms in total. The maximum Gasteiger partial charge on any atom is 0.251 e. The Bertz CT molecular complexity index is 634. The van der Waals surface area contributed by atoms with Gasteiger partial charge < -0.3 is 11.5 Å². The molecule has 0 aliphatic carbocycles. The van der Waals surface area contributed by atoms with Gasteiger partial charge in [0.15, 0.2) is 0 Å². The number of halogens is 1. The Morgan fingerprint density at radius 1 is 1.42 bits per heavy atom. The van der Waals surface area contributed by atoms with Crippen molar-refractivity contribution in [1.29, 1.82) is 0 Å². The fourth-order valence-electron chi connectivity index (χ4n) is 1.81. The first-order valence-electron chi connectivity index (χ1n) is 5.85. The van der Waals surface area contributed by atoms with Crippen LogP contribution in [0, 0.1) is 0 Å². The Morgan fingerprint density at radius 2 is 2.11 bits per heavy atom. The summed E-state index contributed by atoms with van der Waals surface area (Å²) < 4.78 is 1.55. The number of benzene rings is 1. The minimum atomic E-state index is -0.592. The molecule has 100 valence electrons. The number of aromatic nitrogens is 2. The van der Waals surface area contributed by atoms with Crippen LogP contribution in [-0.2, 0) is 0 Å². The van der Waals surface area contributed by atoms with Gasteiger partial charge in [0.05, 0.1) is 22.0 Å². The van der Waals surface area contributed by atoms with Crippen molar-refractivity contribution in [2.75, 3.05) is 5.73 Å². The standard InChI is InChI=1S/C13H15ClN4O/c1-7(2)11-3-4-18(17-11)12-9(13(16)19)5-8(15)6-10(12)14/h3-7H,15H2,1-2H3,(H2,16,19). The number of nitrogens with zero attached hydrogens (tertiary/aromatic N) is 2. The van der Waals surface area contributed by atoms with Crippen LogP contribution >= 0.6 is 11.6 Å². The molecule has 0 aliphatic rings.